The van der Waals surface area contributed by atoms with Gasteiger partial charge < -0.3 is 10.1 Å². The summed E-state index contributed by atoms with van der Waals surface area (Å²) in [5, 5.41) is 3.19. The molecule has 0 rings (SSSR count). The fourth-order valence-electron chi connectivity index (χ4n) is 1.56. The van der Waals surface area contributed by atoms with Gasteiger partial charge in [0.1, 0.15) is 9.84 Å². The van der Waals surface area contributed by atoms with E-state index in [1.807, 2.05) is 6.92 Å². The van der Waals surface area contributed by atoms with Gasteiger partial charge in [0, 0.05) is 26.0 Å². The number of nitrogens with one attached hydrogen (secondary N) is 1. The van der Waals surface area contributed by atoms with Crippen LogP contribution in [-0.4, -0.2) is 46.2 Å². The Morgan fingerprint density at radius 2 is 1.81 bits per heavy atom. The lowest BCUT2D eigenvalue weighted by atomic mass is 9.89. The summed E-state index contributed by atoms with van der Waals surface area (Å²) in [7, 11) is -1.24. The molecule has 0 fully saturated rings. The maximum absolute atomic E-state index is 11.1. The van der Waals surface area contributed by atoms with Crippen LogP contribution in [0.1, 0.15) is 27.7 Å². The van der Waals surface area contributed by atoms with Crippen LogP contribution in [0.5, 0.6) is 0 Å². The number of ether oxygens (including phenoxy) is 1. The summed E-state index contributed by atoms with van der Waals surface area (Å²) in [5.41, 5.74) is 0.0482. The molecule has 1 N–H and O–H groups in total. The molecule has 0 aromatic heterocycles. The molecule has 98 valence electrons. The monoisotopic (exact) mass is 251 g/mol. The van der Waals surface area contributed by atoms with Gasteiger partial charge in [-0.3, -0.25) is 0 Å². The second-order valence-electron chi connectivity index (χ2n) is 5.49. The van der Waals surface area contributed by atoms with Crippen molar-refractivity contribution in [2.24, 2.45) is 5.41 Å². The molecule has 0 aliphatic rings. The van der Waals surface area contributed by atoms with Crippen LogP contribution in [0.3, 0.4) is 0 Å². The van der Waals surface area contributed by atoms with E-state index in [2.05, 4.69) is 26.1 Å². The summed E-state index contributed by atoms with van der Waals surface area (Å²) >= 11 is 0. The van der Waals surface area contributed by atoms with Gasteiger partial charge in [0.25, 0.3) is 0 Å². The van der Waals surface area contributed by atoms with Gasteiger partial charge in [0.2, 0.25) is 0 Å². The molecule has 0 radical (unpaired) electrons. The molecule has 0 saturated heterocycles. The maximum atomic E-state index is 11.1. The van der Waals surface area contributed by atoms with E-state index in [1.165, 1.54) is 6.26 Å². The van der Waals surface area contributed by atoms with Gasteiger partial charge >= 0.3 is 0 Å². The minimum absolute atomic E-state index is 0.0463. The zero-order valence-electron chi connectivity index (χ0n) is 11.2. The third kappa shape index (κ3) is 7.19. The van der Waals surface area contributed by atoms with Gasteiger partial charge in [-0.2, -0.15) is 0 Å². The SMILES string of the molecule is COC(CNC(C)CS(C)(=O)=O)C(C)(C)C. The van der Waals surface area contributed by atoms with Crippen LogP contribution in [-0.2, 0) is 14.6 Å². The molecule has 2 atom stereocenters. The normalized spacial score (nSPS) is 17.1. The van der Waals surface area contributed by atoms with Gasteiger partial charge in [-0.15, -0.1) is 0 Å². The lowest BCUT2D eigenvalue weighted by molar-refractivity contribution is 0.0164. The van der Waals surface area contributed by atoms with Crippen molar-refractivity contribution in [2.75, 3.05) is 25.7 Å². The average molecular weight is 251 g/mol. The van der Waals surface area contributed by atoms with Gasteiger partial charge in [0.05, 0.1) is 11.9 Å². The first-order valence-electron chi connectivity index (χ1n) is 5.50. The molecular weight excluding hydrogens is 226 g/mol. The Bertz CT molecular complexity index is 293. The van der Waals surface area contributed by atoms with Crippen molar-refractivity contribution in [1.82, 2.24) is 5.32 Å². The zero-order chi connectivity index (χ0) is 13.0. The van der Waals surface area contributed by atoms with Gasteiger partial charge in [-0.05, 0) is 12.3 Å². The Morgan fingerprint density at radius 3 is 2.12 bits per heavy atom. The van der Waals surface area contributed by atoms with E-state index in [1.54, 1.807) is 7.11 Å². The predicted molar refractivity (Wildman–Crippen MR) is 67.4 cm³/mol. The summed E-state index contributed by atoms with van der Waals surface area (Å²) in [6.07, 6.45) is 1.33. The number of methoxy groups -OCH3 is 1. The van der Waals surface area contributed by atoms with Gasteiger partial charge in [0.15, 0.2) is 0 Å². The molecule has 0 heterocycles. The summed E-state index contributed by atoms with van der Waals surface area (Å²) < 4.78 is 27.5. The van der Waals surface area contributed by atoms with Crippen LogP contribution in [0.25, 0.3) is 0 Å². The van der Waals surface area contributed by atoms with Gasteiger partial charge in [-0.1, -0.05) is 20.8 Å². The van der Waals surface area contributed by atoms with Crippen LogP contribution in [0.15, 0.2) is 0 Å². The zero-order valence-corrected chi connectivity index (χ0v) is 12.0. The molecule has 0 aliphatic carbocycles. The second-order valence-corrected chi connectivity index (χ2v) is 7.68. The van der Waals surface area contributed by atoms with Crippen molar-refractivity contribution in [2.45, 2.75) is 39.8 Å². The van der Waals surface area contributed by atoms with Crippen LogP contribution >= 0.6 is 0 Å². The molecule has 0 spiro atoms. The number of hydrogen-bond donors (Lipinski definition) is 1. The first kappa shape index (κ1) is 15.9. The highest BCUT2D eigenvalue weighted by Crippen LogP contribution is 2.21. The Morgan fingerprint density at radius 1 is 1.31 bits per heavy atom. The van der Waals surface area contributed by atoms with Crippen LogP contribution in [0, 0.1) is 5.41 Å². The summed E-state index contributed by atoms with van der Waals surface area (Å²) in [6, 6.07) is -0.0463. The topological polar surface area (TPSA) is 55.4 Å². The smallest absolute Gasteiger partial charge is 0.148 e. The summed E-state index contributed by atoms with van der Waals surface area (Å²) in [5.74, 6) is 0.160. The highest BCUT2D eigenvalue weighted by molar-refractivity contribution is 7.90. The lowest BCUT2D eigenvalue weighted by Gasteiger charge is -2.30. The number of rotatable bonds is 6. The molecule has 0 bridgehead atoms. The molecule has 0 saturated carbocycles. The fraction of sp³-hybridized carbons (Fsp3) is 1.00. The van der Waals surface area contributed by atoms with E-state index < -0.39 is 9.84 Å². The van der Waals surface area contributed by atoms with E-state index in [-0.39, 0.29) is 23.3 Å². The minimum atomic E-state index is -2.92. The summed E-state index contributed by atoms with van der Waals surface area (Å²) in [6.45, 7) is 8.84. The summed E-state index contributed by atoms with van der Waals surface area (Å²) in [4.78, 5) is 0. The van der Waals surface area contributed by atoms with E-state index in [0.29, 0.717) is 6.54 Å². The third-order valence-electron chi connectivity index (χ3n) is 2.45. The Labute approximate surface area is 99.7 Å². The lowest BCUT2D eigenvalue weighted by Crippen LogP contribution is -2.43. The van der Waals surface area contributed by atoms with Crippen molar-refractivity contribution in [3.05, 3.63) is 0 Å². The highest BCUT2D eigenvalue weighted by Gasteiger charge is 2.24. The molecule has 16 heavy (non-hydrogen) atoms. The van der Waals surface area contributed by atoms with Crippen LogP contribution in [0.2, 0.25) is 0 Å². The van der Waals surface area contributed by atoms with Crippen LogP contribution < -0.4 is 5.32 Å². The molecular formula is C11H25NO3S. The van der Waals surface area contributed by atoms with Crippen molar-refractivity contribution in [3.63, 3.8) is 0 Å². The van der Waals surface area contributed by atoms with Crippen molar-refractivity contribution in [3.8, 4) is 0 Å². The Balaban J connectivity index is 4.13. The maximum Gasteiger partial charge on any atom is 0.148 e. The highest BCUT2D eigenvalue weighted by atomic mass is 32.2. The van der Waals surface area contributed by atoms with Crippen molar-refractivity contribution >= 4 is 9.84 Å². The first-order valence-corrected chi connectivity index (χ1v) is 7.56. The third-order valence-corrected chi connectivity index (χ3v) is 3.56. The van der Waals surface area contributed by atoms with E-state index in [9.17, 15) is 8.42 Å². The fourth-order valence-corrected chi connectivity index (χ4v) is 2.59. The first-order chi connectivity index (χ1) is 7.06. The minimum Gasteiger partial charge on any atom is -0.380 e. The largest absolute Gasteiger partial charge is 0.380 e. The van der Waals surface area contributed by atoms with Crippen molar-refractivity contribution < 1.29 is 13.2 Å². The molecule has 5 heteroatoms. The second kappa shape index (κ2) is 5.98. The quantitative estimate of drug-likeness (QED) is 0.767. The molecule has 0 aromatic carbocycles. The van der Waals surface area contributed by atoms with E-state index >= 15 is 0 Å². The Kier molecular flexibility index (Phi) is 5.93. The molecule has 4 nitrogen and oxygen atoms in total. The number of sulfone groups is 1. The van der Waals surface area contributed by atoms with Crippen molar-refractivity contribution in [1.29, 1.82) is 0 Å². The molecule has 2 unspecified atom stereocenters. The van der Waals surface area contributed by atoms with E-state index in [0.717, 1.165) is 0 Å². The standard InChI is InChI=1S/C11H25NO3S/c1-9(8-16(6,13)14)12-7-10(15-5)11(2,3)4/h9-10,12H,7-8H2,1-6H3. The molecule has 0 amide bonds. The predicted octanol–water partition coefficient (Wildman–Crippen LogP) is 1.07. The molecule has 0 aromatic rings. The van der Waals surface area contributed by atoms with E-state index in [4.69, 9.17) is 4.74 Å². The molecule has 0 aliphatic heterocycles. The van der Waals surface area contributed by atoms with Gasteiger partial charge in [-0.25, -0.2) is 8.42 Å². The average Bonchev–Trinajstić information content (AvgIpc) is 1.98. The number of hydrogen-bond acceptors (Lipinski definition) is 4. The van der Waals surface area contributed by atoms with Crippen LogP contribution in [0.4, 0.5) is 0 Å². The Hall–Kier alpha value is -0.130.